The van der Waals surface area contributed by atoms with Crippen molar-refractivity contribution >= 4 is 5.57 Å². The van der Waals surface area contributed by atoms with Crippen LogP contribution in [0.2, 0.25) is 0 Å². The zero-order valence-corrected chi connectivity index (χ0v) is 6.85. The van der Waals surface area contributed by atoms with Crippen LogP contribution >= 0.6 is 0 Å². The zero-order chi connectivity index (χ0) is 7.68. The van der Waals surface area contributed by atoms with Gasteiger partial charge in [-0.15, -0.1) is 0 Å². The van der Waals surface area contributed by atoms with Gasteiger partial charge in [-0.25, -0.2) is 0 Å². The van der Waals surface area contributed by atoms with Gasteiger partial charge in [0.2, 0.25) is 0 Å². The van der Waals surface area contributed by atoms with Crippen LogP contribution in [0.15, 0.2) is 18.3 Å². The highest BCUT2D eigenvalue weighted by Gasteiger charge is 2.10. The number of aromatic amines is 1. The Kier molecular flexibility index (Phi) is 1.57. The molecular formula is C10H13N. The summed E-state index contributed by atoms with van der Waals surface area (Å²) in [5, 5.41) is 0. The Morgan fingerprint density at radius 2 is 2.45 bits per heavy atom. The fraction of sp³-hybridized carbons (Fsp3) is 0.400. The summed E-state index contributed by atoms with van der Waals surface area (Å²) in [7, 11) is 0. The predicted octanol–water partition coefficient (Wildman–Crippen LogP) is 2.75. The zero-order valence-electron chi connectivity index (χ0n) is 6.85. The maximum absolute atomic E-state index is 3.28. The first kappa shape index (κ1) is 6.71. The number of fused-ring (bicyclic) bond motifs is 1. The highest BCUT2D eigenvalue weighted by molar-refractivity contribution is 5.68. The van der Waals surface area contributed by atoms with Crippen LogP contribution in [0.4, 0.5) is 0 Å². The fourth-order valence-corrected chi connectivity index (χ4v) is 1.75. The van der Waals surface area contributed by atoms with Crippen LogP contribution in [0, 0.1) is 0 Å². The third-order valence-electron chi connectivity index (χ3n) is 2.34. The lowest BCUT2D eigenvalue weighted by Crippen LogP contribution is -1.96. The van der Waals surface area contributed by atoms with Gasteiger partial charge in [0.15, 0.2) is 0 Å². The Bertz CT molecular complexity index is 281. The second kappa shape index (κ2) is 2.57. The van der Waals surface area contributed by atoms with Gasteiger partial charge in [0.25, 0.3) is 0 Å². The van der Waals surface area contributed by atoms with E-state index in [1.54, 1.807) is 0 Å². The molecule has 0 saturated heterocycles. The molecule has 1 aromatic rings. The number of rotatable bonds is 1. The van der Waals surface area contributed by atoms with E-state index in [4.69, 9.17) is 0 Å². The number of hydrogen-bond acceptors (Lipinski definition) is 0. The molecule has 0 fully saturated rings. The molecule has 1 heteroatoms. The number of aryl methyl sites for hydroxylation is 1. The molecule has 0 atom stereocenters. The second-order valence-corrected chi connectivity index (χ2v) is 2.99. The van der Waals surface area contributed by atoms with Crippen molar-refractivity contribution in [3.05, 3.63) is 29.6 Å². The van der Waals surface area contributed by atoms with Gasteiger partial charge in [-0.3, -0.25) is 0 Å². The first-order valence-corrected chi connectivity index (χ1v) is 4.27. The summed E-state index contributed by atoms with van der Waals surface area (Å²) in [6.07, 6.45) is 7.95. The molecule has 0 bridgehead atoms. The minimum atomic E-state index is 1.16. The van der Waals surface area contributed by atoms with Crippen molar-refractivity contribution in [2.75, 3.05) is 0 Å². The van der Waals surface area contributed by atoms with Crippen LogP contribution < -0.4 is 0 Å². The monoisotopic (exact) mass is 147 g/mol. The van der Waals surface area contributed by atoms with Crippen molar-refractivity contribution in [1.29, 1.82) is 0 Å². The van der Waals surface area contributed by atoms with E-state index in [1.807, 2.05) is 6.20 Å². The molecule has 1 aliphatic rings. The third kappa shape index (κ3) is 1.01. The number of allylic oxidation sites excluding steroid dienone is 2. The summed E-state index contributed by atoms with van der Waals surface area (Å²) in [5.74, 6) is 0. The Morgan fingerprint density at radius 1 is 1.55 bits per heavy atom. The number of H-pyrrole nitrogens is 1. The van der Waals surface area contributed by atoms with E-state index in [0.29, 0.717) is 0 Å². The summed E-state index contributed by atoms with van der Waals surface area (Å²) >= 11 is 0. The van der Waals surface area contributed by atoms with Crippen molar-refractivity contribution < 1.29 is 0 Å². The molecule has 1 nitrogen and oxygen atoms in total. The molecule has 58 valence electrons. The summed E-state index contributed by atoms with van der Waals surface area (Å²) in [4.78, 5) is 3.28. The smallest absolute Gasteiger partial charge is 0.0226 e. The van der Waals surface area contributed by atoms with Crippen LogP contribution in [0.25, 0.3) is 5.57 Å². The normalized spacial score (nSPS) is 15.9. The van der Waals surface area contributed by atoms with Crippen LogP contribution in [-0.4, -0.2) is 4.98 Å². The van der Waals surface area contributed by atoms with E-state index in [2.05, 4.69) is 24.1 Å². The molecular weight excluding hydrogens is 134 g/mol. The highest BCUT2D eigenvalue weighted by Crippen LogP contribution is 2.27. The van der Waals surface area contributed by atoms with E-state index < -0.39 is 0 Å². The average molecular weight is 147 g/mol. The first-order valence-electron chi connectivity index (χ1n) is 4.27. The molecule has 0 unspecified atom stereocenters. The van der Waals surface area contributed by atoms with Crippen molar-refractivity contribution in [3.63, 3.8) is 0 Å². The lowest BCUT2D eigenvalue weighted by Gasteiger charge is -2.11. The van der Waals surface area contributed by atoms with Gasteiger partial charge in [-0.2, -0.15) is 0 Å². The van der Waals surface area contributed by atoms with E-state index in [0.717, 1.165) is 6.42 Å². The molecule has 11 heavy (non-hydrogen) atoms. The minimum Gasteiger partial charge on any atom is -0.364 e. The summed E-state index contributed by atoms with van der Waals surface area (Å²) in [6, 6.07) is 2.18. The standard InChI is InChI=1S/C10H13N/c1-2-8-4-3-5-10-9(8)6-7-11-10/h4,6-7,11H,2-3,5H2,1H3. The molecule has 2 rings (SSSR count). The van der Waals surface area contributed by atoms with Crippen molar-refractivity contribution in [2.45, 2.75) is 26.2 Å². The molecule has 1 aromatic heterocycles. The third-order valence-corrected chi connectivity index (χ3v) is 2.34. The number of aromatic nitrogens is 1. The lowest BCUT2D eigenvalue weighted by molar-refractivity contribution is 0.928. The number of hydrogen-bond donors (Lipinski definition) is 1. The molecule has 0 aliphatic heterocycles. The number of nitrogens with one attached hydrogen (secondary N) is 1. The van der Waals surface area contributed by atoms with E-state index >= 15 is 0 Å². The molecule has 0 saturated carbocycles. The maximum Gasteiger partial charge on any atom is 0.0226 e. The SMILES string of the molecule is CCC1=CCCc2[nH]ccc21. The Labute approximate surface area is 67.1 Å². The molecule has 0 aromatic carbocycles. The Morgan fingerprint density at radius 3 is 3.27 bits per heavy atom. The van der Waals surface area contributed by atoms with Crippen molar-refractivity contribution in [2.24, 2.45) is 0 Å². The Hall–Kier alpha value is -0.980. The molecule has 0 spiro atoms. The van der Waals surface area contributed by atoms with Gasteiger partial charge < -0.3 is 4.98 Å². The van der Waals surface area contributed by atoms with Crippen molar-refractivity contribution in [1.82, 2.24) is 4.98 Å². The molecule has 1 N–H and O–H groups in total. The summed E-state index contributed by atoms with van der Waals surface area (Å²) in [5.41, 5.74) is 4.37. The minimum absolute atomic E-state index is 1.16. The molecule has 1 heterocycles. The van der Waals surface area contributed by atoms with Crippen LogP contribution in [0.1, 0.15) is 31.0 Å². The largest absolute Gasteiger partial charge is 0.364 e. The quantitative estimate of drug-likeness (QED) is 0.628. The van der Waals surface area contributed by atoms with Crippen molar-refractivity contribution in [3.8, 4) is 0 Å². The second-order valence-electron chi connectivity index (χ2n) is 2.99. The molecule has 0 radical (unpaired) electrons. The van der Waals surface area contributed by atoms with Crippen LogP contribution in [0.5, 0.6) is 0 Å². The van der Waals surface area contributed by atoms with E-state index in [1.165, 1.54) is 29.7 Å². The van der Waals surface area contributed by atoms with Gasteiger partial charge in [0.1, 0.15) is 0 Å². The predicted molar refractivity (Wildman–Crippen MR) is 47.4 cm³/mol. The van der Waals surface area contributed by atoms with Gasteiger partial charge >= 0.3 is 0 Å². The summed E-state index contributed by atoms with van der Waals surface area (Å²) in [6.45, 7) is 2.22. The first-order chi connectivity index (χ1) is 5.42. The highest BCUT2D eigenvalue weighted by atomic mass is 14.7. The van der Waals surface area contributed by atoms with Gasteiger partial charge in [-0.1, -0.05) is 13.0 Å². The topological polar surface area (TPSA) is 15.8 Å². The molecule has 1 aliphatic carbocycles. The van der Waals surface area contributed by atoms with Crippen LogP contribution in [0.3, 0.4) is 0 Å². The van der Waals surface area contributed by atoms with Crippen LogP contribution in [-0.2, 0) is 6.42 Å². The van der Waals surface area contributed by atoms with Gasteiger partial charge in [0, 0.05) is 11.9 Å². The lowest BCUT2D eigenvalue weighted by atomic mass is 9.95. The van der Waals surface area contributed by atoms with E-state index in [-0.39, 0.29) is 0 Å². The van der Waals surface area contributed by atoms with E-state index in [9.17, 15) is 0 Å². The average Bonchev–Trinajstić information content (AvgIpc) is 2.50. The summed E-state index contributed by atoms with van der Waals surface area (Å²) < 4.78 is 0. The maximum atomic E-state index is 3.28. The Balaban J connectivity index is 2.45. The van der Waals surface area contributed by atoms with Gasteiger partial charge in [-0.05, 0) is 36.5 Å². The van der Waals surface area contributed by atoms with Gasteiger partial charge in [0.05, 0.1) is 0 Å². The fourth-order valence-electron chi connectivity index (χ4n) is 1.75. The molecule has 0 amide bonds.